The topological polar surface area (TPSA) is 21.6 Å². The zero-order chi connectivity index (χ0) is 11.7. The van der Waals surface area contributed by atoms with Gasteiger partial charge in [-0.25, -0.2) is 4.99 Å². The molecule has 0 fully saturated rings. The maximum absolute atomic E-state index is 5.66. The van der Waals surface area contributed by atoms with Crippen molar-refractivity contribution in [1.82, 2.24) is 0 Å². The Morgan fingerprint density at radius 1 is 1.25 bits per heavy atom. The van der Waals surface area contributed by atoms with E-state index in [1.807, 2.05) is 0 Å². The molecule has 0 radical (unpaired) electrons. The lowest BCUT2D eigenvalue weighted by molar-refractivity contribution is 0.292. The van der Waals surface area contributed by atoms with E-state index in [0.717, 1.165) is 18.1 Å². The van der Waals surface area contributed by atoms with Crippen LogP contribution in [0.1, 0.15) is 30.5 Å². The SMILES string of the molecule is Cc1ccc(C2=NC(C(C)C)CO2)cc1C. The zero-order valence-electron chi connectivity index (χ0n) is 10.4. The van der Waals surface area contributed by atoms with Crippen molar-refractivity contribution in [1.29, 1.82) is 0 Å². The number of ether oxygens (including phenoxy) is 1. The van der Waals surface area contributed by atoms with E-state index in [4.69, 9.17) is 4.74 Å². The lowest BCUT2D eigenvalue weighted by Gasteiger charge is -2.06. The smallest absolute Gasteiger partial charge is 0.216 e. The van der Waals surface area contributed by atoms with Crippen LogP contribution in [0.4, 0.5) is 0 Å². The molecule has 1 aromatic carbocycles. The van der Waals surface area contributed by atoms with Crippen LogP contribution in [0.25, 0.3) is 0 Å². The summed E-state index contributed by atoms with van der Waals surface area (Å²) in [5.74, 6) is 1.35. The number of nitrogens with zero attached hydrogens (tertiary/aromatic N) is 1. The number of benzene rings is 1. The molecule has 1 unspecified atom stereocenters. The molecular weight excluding hydrogens is 198 g/mol. The second kappa shape index (κ2) is 4.28. The predicted molar refractivity (Wildman–Crippen MR) is 67.0 cm³/mol. The maximum atomic E-state index is 5.66. The second-order valence-electron chi connectivity index (χ2n) is 4.86. The van der Waals surface area contributed by atoms with E-state index in [2.05, 4.69) is 50.9 Å². The molecule has 0 bridgehead atoms. The highest BCUT2D eigenvalue weighted by molar-refractivity contribution is 5.95. The van der Waals surface area contributed by atoms with E-state index in [0.29, 0.717) is 12.0 Å². The summed E-state index contributed by atoms with van der Waals surface area (Å²) in [5.41, 5.74) is 3.70. The van der Waals surface area contributed by atoms with Crippen molar-refractivity contribution in [3.63, 3.8) is 0 Å². The van der Waals surface area contributed by atoms with Crippen LogP contribution >= 0.6 is 0 Å². The Kier molecular flexibility index (Phi) is 2.99. The molecule has 1 heterocycles. The van der Waals surface area contributed by atoms with Crippen LogP contribution in [-0.2, 0) is 4.74 Å². The molecule has 0 saturated heterocycles. The van der Waals surface area contributed by atoms with Gasteiger partial charge in [-0.2, -0.15) is 0 Å². The number of hydrogen-bond acceptors (Lipinski definition) is 2. The Morgan fingerprint density at radius 2 is 2.00 bits per heavy atom. The van der Waals surface area contributed by atoms with Gasteiger partial charge in [0.15, 0.2) is 0 Å². The third-order valence-corrected chi connectivity index (χ3v) is 3.20. The minimum atomic E-state index is 0.316. The van der Waals surface area contributed by atoms with Crippen molar-refractivity contribution >= 4 is 5.90 Å². The van der Waals surface area contributed by atoms with E-state index in [1.54, 1.807) is 0 Å². The molecule has 0 saturated carbocycles. The lowest BCUT2D eigenvalue weighted by Crippen LogP contribution is -2.13. The van der Waals surface area contributed by atoms with Crippen molar-refractivity contribution in [2.75, 3.05) is 6.61 Å². The molecule has 0 N–H and O–H groups in total. The predicted octanol–water partition coefficient (Wildman–Crippen LogP) is 3.10. The minimum absolute atomic E-state index is 0.316. The van der Waals surface area contributed by atoms with Crippen molar-refractivity contribution in [3.8, 4) is 0 Å². The average molecular weight is 217 g/mol. The van der Waals surface area contributed by atoms with E-state index in [1.165, 1.54) is 11.1 Å². The summed E-state index contributed by atoms with van der Waals surface area (Å²) in [6.07, 6.45) is 0. The van der Waals surface area contributed by atoms with Crippen LogP contribution < -0.4 is 0 Å². The molecule has 2 heteroatoms. The molecular formula is C14H19NO. The van der Waals surface area contributed by atoms with Gasteiger partial charge in [0.2, 0.25) is 5.90 Å². The van der Waals surface area contributed by atoms with Crippen LogP contribution in [0, 0.1) is 19.8 Å². The maximum Gasteiger partial charge on any atom is 0.216 e. The van der Waals surface area contributed by atoms with Crippen LogP contribution in [-0.4, -0.2) is 18.5 Å². The average Bonchev–Trinajstić information content (AvgIpc) is 2.71. The Morgan fingerprint density at radius 3 is 2.56 bits per heavy atom. The van der Waals surface area contributed by atoms with Crippen molar-refractivity contribution in [2.45, 2.75) is 33.7 Å². The highest BCUT2D eigenvalue weighted by Crippen LogP contribution is 2.19. The number of aliphatic imine (C=N–C) groups is 1. The molecule has 2 rings (SSSR count). The van der Waals surface area contributed by atoms with Gasteiger partial charge in [0, 0.05) is 5.56 Å². The first-order valence-corrected chi connectivity index (χ1v) is 5.86. The van der Waals surface area contributed by atoms with Crippen LogP contribution in [0.2, 0.25) is 0 Å². The largest absolute Gasteiger partial charge is 0.475 e. The summed E-state index contributed by atoms with van der Waals surface area (Å²) >= 11 is 0. The first-order chi connectivity index (χ1) is 7.58. The summed E-state index contributed by atoms with van der Waals surface area (Å²) < 4.78 is 5.66. The van der Waals surface area contributed by atoms with Crippen LogP contribution in [0.15, 0.2) is 23.2 Å². The summed E-state index contributed by atoms with van der Waals surface area (Å²) in [5, 5.41) is 0. The summed E-state index contributed by atoms with van der Waals surface area (Å²) in [6.45, 7) is 9.32. The number of aryl methyl sites for hydroxylation is 2. The van der Waals surface area contributed by atoms with Crippen molar-refractivity contribution in [3.05, 3.63) is 34.9 Å². The normalized spacial score (nSPS) is 19.8. The highest BCUT2D eigenvalue weighted by atomic mass is 16.5. The fourth-order valence-corrected chi connectivity index (χ4v) is 1.76. The molecule has 2 nitrogen and oxygen atoms in total. The molecule has 1 aromatic rings. The molecule has 0 spiro atoms. The van der Waals surface area contributed by atoms with Crippen molar-refractivity contribution in [2.24, 2.45) is 10.9 Å². The van der Waals surface area contributed by atoms with Gasteiger partial charge in [-0.3, -0.25) is 0 Å². The molecule has 1 aliphatic rings. The van der Waals surface area contributed by atoms with E-state index in [-0.39, 0.29) is 0 Å². The van der Waals surface area contributed by atoms with Crippen LogP contribution in [0.3, 0.4) is 0 Å². The quantitative estimate of drug-likeness (QED) is 0.746. The van der Waals surface area contributed by atoms with Gasteiger partial charge in [0.25, 0.3) is 0 Å². The van der Waals surface area contributed by atoms with Gasteiger partial charge < -0.3 is 4.74 Å². The first-order valence-electron chi connectivity index (χ1n) is 5.86. The fourth-order valence-electron chi connectivity index (χ4n) is 1.76. The van der Waals surface area contributed by atoms with Gasteiger partial charge in [0.1, 0.15) is 6.61 Å². The monoisotopic (exact) mass is 217 g/mol. The Labute approximate surface area is 97.4 Å². The van der Waals surface area contributed by atoms with Gasteiger partial charge >= 0.3 is 0 Å². The van der Waals surface area contributed by atoms with Crippen LogP contribution in [0.5, 0.6) is 0 Å². The second-order valence-corrected chi connectivity index (χ2v) is 4.86. The summed E-state index contributed by atoms with van der Waals surface area (Å²) in [4.78, 5) is 4.62. The fraction of sp³-hybridized carbons (Fsp3) is 0.500. The first kappa shape index (κ1) is 11.2. The van der Waals surface area contributed by atoms with E-state index in [9.17, 15) is 0 Å². The Hall–Kier alpha value is -1.31. The lowest BCUT2D eigenvalue weighted by atomic mass is 10.1. The third kappa shape index (κ3) is 2.11. The zero-order valence-corrected chi connectivity index (χ0v) is 10.4. The van der Waals surface area contributed by atoms with Gasteiger partial charge in [0.05, 0.1) is 6.04 Å². The molecule has 0 amide bonds. The van der Waals surface area contributed by atoms with Gasteiger partial charge in [-0.15, -0.1) is 0 Å². The Balaban J connectivity index is 2.25. The third-order valence-electron chi connectivity index (χ3n) is 3.20. The highest BCUT2D eigenvalue weighted by Gasteiger charge is 2.22. The Bertz CT molecular complexity index is 421. The molecule has 16 heavy (non-hydrogen) atoms. The molecule has 86 valence electrons. The number of rotatable bonds is 2. The van der Waals surface area contributed by atoms with E-state index >= 15 is 0 Å². The molecule has 0 aromatic heterocycles. The molecule has 0 aliphatic carbocycles. The standard InChI is InChI=1S/C14H19NO/c1-9(2)13-8-16-14(15-13)12-6-5-10(3)11(4)7-12/h5-7,9,13H,8H2,1-4H3. The van der Waals surface area contributed by atoms with Crippen molar-refractivity contribution < 1.29 is 4.74 Å². The molecule has 1 atom stereocenters. The van der Waals surface area contributed by atoms with E-state index < -0.39 is 0 Å². The number of hydrogen-bond donors (Lipinski definition) is 0. The van der Waals surface area contributed by atoms with Gasteiger partial charge in [-0.1, -0.05) is 19.9 Å². The summed E-state index contributed by atoms with van der Waals surface area (Å²) in [7, 11) is 0. The minimum Gasteiger partial charge on any atom is -0.475 e. The van der Waals surface area contributed by atoms with Gasteiger partial charge in [-0.05, 0) is 43.0 Å². The molecule has 1 aliphatic heterocycles. The summed E-state index contributed by atoms with van der Waals surface area (Å²) in [6, 6.07) is 6.68.